The number of halogens is 3. The van der Waals surface area contributed by atoms with Crippen LogP contribution in [0.15, 0.2) is 30.5 Å². The number of nitrogens with zero attached hydrogens (tertiary/aromatic N) is 2. The molecular formula is C13H13ClF2N2O. The molecule has 0 fully saturated rings. The number of rotatable bonds is 3. The summed E-state index contributed by atoms with van der Waals surface area (Å²) < 4.78 is 28.0. The third kappa shape index (κ3) is 2.93. The molecule has 3 nitrogen and oxygen atoms in total. The van der Waals surface area contributed by atoms with Crippen LogP contribution in [0.5, 0.6) is 0 Å². The molecule has 0 spiro atoms. The zero-order chi connectivity index (χ0) is 14.2. The van der Waals surface area contributed by atoms with Gasteiger partial charge in [0, 0.05) is 23.7 Å². The molecule has 1 heterocycles. The first-order valence-corrected chi connectivity index (χ1v) is 6.04. The normalized spacial score (nSPS) is 13.6. The Balaban J connectivity index is 2.44. The third-order valence-electron chi connectivity index (χ3n) is 2.68. The Labute approximate surface area is 114 Å². The van der Waals surface area contributed by atoms with Crippen molar-refractivity contribution >= 4 is 11.6 Å². The van der Waals surface area contributed by atoms with Gasteiger partial charge in [-0.05, 0) is 19.1 Å². The Morgan fingerprint density at radius 1 is 1.32 bits per heavy atom. The van der Waals surface area contributed by atoms with E-state index in [-0.39, 0.29) is 0 Å². The molecule has 2 rings (SSSR count). The molecular weight excluding hydrogens is 274 g/mol. The van der Waals surface area contributed by atoms with E-state index in [2.05, 4.69) is 4.98 Å². The molecule has 0 bridgehead atoms. The number of alkyl halides is 2. The summed E-state index contributed by atoms with van der Waals surface area (Å²) in [7, 11) is 0. The van der Waals surface area contributed by atoms with E-state index >= 15 is 0 Å². The van der Waals surface area contributed by atoms with Crippen molar-refractivity contribution in [1.29, 1.82) is 0 Å². The first kappa shape index (κ1) is 14.0. The second-order valence-corrected chi connectivity index (χ2v) is 4.86. The number of aromatic nitrogens is 2. The van der Waals surface area contributed by atoms with Gasteiger partial charge in [-0.3, -0.25) is 4.57 Å². The zero-order valence-corrected chi connectivity index (χ0v) is 11.2. The molecule has 102 valence electrons. The smallest absolute Gasteiger partial charge is 0.302 e. The number of hydrogen-bond donors (Lipinski definition) is 1. The lowest BCUT2D eigenvalue weighted by atomic mass is 10.2. The molecule has 1 unspecified atom stereocenters. The van der Waals surface area contributed by atoms with Crippen molar-refractivity contribution < 1.29 is 13.9 Å². The van der Waals surface area contributed by atoms with Gasteiger partial charge >= 0.3 is 5.92 Å². The van der Waals surface area contributed by atoms with Crippen molar-refractivity contribution in [3.05, 3.63) is 52.6 Å². The molecule has 0 saturated heterocycles. The zero-order valence-electron chi connectivity index (χ0n) is 10.4. The van der Waals surface area contributed by atoms with Crippen LogP contribution < -0.4 is 0 Å². The molecule has 1 aromatic carbocycles. The predicted octanol–water partition coefficient (Wildman–Crippen LogP) is 3.50. The summed E-state index contributed by atoms with van der Waals surface area (Å²) >= 11 is 5.75. The second kappa shape index (κ2) is 4.90. The van der Waals surface area contributed by atoms with E-state index in [0.29, 0.717) is 16.3 Å². The van der Waals surface area contributed by atoms with Gasteiger partial charge in [0.25, 0.3) is 0 Å². The molecule has 0 radical (unpaired) electrons. The van der Waals surface area contributed by atoms with Gasteiger partial charge in [0.2, 0.25) is 0 Å². The van der Waals surface area contributed by atoms with Gasteiger partial charge in [-0.25, -0.2) is 4.98 Å². The minimum absolute atomic E-state index is 0.421. The summed E-state index contributed by atoms with van der Waals surface area (Å²) in [6, 6.07) is 6.35. The van der Waals surface area contributed by atoms with Crippen molar-refractivity contribution in [3.8, 4) is 0 Å². The highest BCUT2D eigenvalue weighted by Gasteiger charge is 2.32. The van der Waals surface area contributed by atoms with E-state index in [1.807, 2.05) is 0 Å². The van der Waals surface area contributed by atoms with Crippen LogP contribution in [0.1, 0.15) is 30.2 Å². The van der Waals surface area contributed by atoms with Crippen molar-refractivity contribution in [3.63, 3.8) is 0 Å². The van der Waals surface area contributed by atoms with E-state index in [9.17, 15) is 13.9 Å². The number of aliphatic hydroxyl groups excluding tert-OH is 1. The number of aliphatic hydroxyl groups is 1. The molecule has 1 aromatic heterocycles. The Morgan fingerprint density at radius 2 is 1.89 bits per heavy atom. The molecule has 1 atom stereocenters. The number of benzene rings is 1. The van der Waals surface area contributed by atoms with Crippen LogP contribution in [0.2, 0.25) is 5.02 Å². The molecule has 0 saturated carbocycles. The Bertz CT molecular complexity index is 575. The Kier molecular flexibility index (Phi) is 3.60. The van der Waals surface area contributed by atoms with Crippen molar-refractivity contribution in [2.75, 3.05) is 0 Å². The fraction of sp³-hybridized carbons (Fsp3) is 0.308. The molecule has 6 heteroatoms. The first-order valence-electron chi connectivity index (χ1n) is 5.66. The first-order chi connectivity index (χ1) is 8.79. The summed E-state index contributed by atoms with van der Waals surface area (Å²) in [5.74, 6) is -3.59. The molecule has 0 amide bonds. The highest BCUT2D eigenvalue weighted by atomic mass is 35.5. The maximum absolute atomic E-state index is 13.5. The summed E-state index contributed by atoms with van der Waals surface area (Å²) in [5, 5.41) is 10.7. The number of aryl methyl sites for hydroxylation is 1. The van der Waals surface area contributed by atoms with Crippen LogP contribution in [-0.2, 0) is 5.92 Å². The minimum atomic E-state index is -3.12. The number of imidazole rings is 1. The second-order valence-electron chi connectivity index (χ2n) is 4.43. The largest absolute Gasteiger partial charge is 0.369 e. The molecule has 2 aromatic rings. The average Bonchev–Trinajstić information content (AvgIpc) is 2.71. The Morgan fingerprint density at radius 3 is 2.42 bits per heavy atom. The van der Waals surface area contributed by atoms with Gasteiger partial charge in [-0.1, -0.05) is 23.7 Å². The summed E-state index contributed by atoms with van der Waals surface area (Å²) in [5.41, 5.74) is 0.886. The topological polar surface area (TPSA) is 38.0 Å². The van der Waals surface area contributed by atoms with Crippen LogP contribution in [-0.4, -0.2) is 14.7 Å². The van der Waals surface area contributed by atoms with Gasteiger partial charge in [-0.15, -0.1) is 0 Å². The molecule has 19 heavy (non-hydrogen) atoms. The van der Waals surface area contributed by atoms with E-state index in [4.69, 9.17) is 11.6 Å². The number of hydrogen-bond acceptors (Lipinski definition) is 2. The van der Waals surface area contributed by atoms with Crippen LogP contribution in [0.25, 0.3) is 0 Å². The van der Waals surface area contributed by atoms with E-state index in [1.165, 1.54) is 6.20 Å². The molecule has 0 aliphatic carbocycles. The average molecular weight is 287 g/mol. The van der Waals surface area contributed by atoms with Crippen LogP contribution in [0, 0.1) is 6.92 Å². The fourth-order valence-electron chi connectivity index (χ4n) is 1.82. The fourth-order valence-corrected chi connectivity index (χ4v) is 1.95. The SMILES string of the molecule is Cc1cn(C(O)c2ccc(Cl)cc2)c(C(C)(F)F)n1. The van der Waals surface area contributed by atoms with Gasteiger partial charge in [-0.2, -0.15) is 8.78 Å². The molecule has 1 N–H and O–H groups in total. The summed E-state index contributed by atoms with van der Waals surface area (Å²) in [4.78, 5) is 3.77. The van der Waals surface area contributed by atoms with Gasteiger partial charge in [0.15, 0.2) is 12.1 Å². The van der Waals surface area contributed by atoms with Crippen LogP contribution >= 0.6 is 11.6 Å². The predicted molar refractivity (Wildman–Crippen MR) is 68.3 cm³/mol. The van der Waals surface area contributed by atoms with Crippen LogP contribution in [0.3, 0.4) is 0 Å². The summed E-state index contributed by atoms with van der Waals surface area (Å²) in [6.07, 6.45) is 0.172. The van der Waals surface area contributed by atoms with E-state index in [0.717, 1.165) is 11.5 Å². The monoisotopic (exact) mass is 286 g/mol. The van der Waals surface area contributed by atoms with Crippen molar-refractivity contribution in [2.24, 2.45) is 0 Å². The highest BCUT2D eigenvalue weighted by Crippen LogP contribution is 2.30. The highest BCUT2D eigenvalue weighted by molar-refractivity contribution is 6.30. The minimum Gasteiger partial charge on any atom is -0.369 e. The van der Waals surface area contributed by atoms with Gasteiger partial charge in [0.1, 0.15) is 0 Å². The molecule has 0 aliphatic rings. The third-order valence-corrected chi connectivity index (χ3v) is 2.93. The maximum atomic E-state index is 13.5. The van der Waals surface area contributed by atoms with Crippen LogP contribution in [0.4, 0.5) is 8.78 Å². The van der Waals surface area contributed by atoms with E-state index < -0.39 is 18.0 Å². The maximum Gasteiger partial charge on any atom is 0.302 e. The van der Waals surface area contributed by atoms with Gasteiger partial charge in [0.05, 0.1) is 5.69 Å². The lowest BCUT2D eigenvalue weighted by Gasteiger charge is -2.18. The van der Waals surface area contributed by atoms with Gasteiger partial charge < -0.3 is 5.11 Å². The Hall–Kier alpha value is -1.46. The standard InChI is InChI=1S/C13H13ClF2N2O/c1-8-7-18(12(17-8)13(2,15)16)11(19)9-3-5-10(14)6-4-9/h3-7,11,19H,1-2H3. The van der Waals surface area contributed by atoms with E-state index in [1.54, 1.807) is 31.2 Å². The lowest BCUT2D eigenvalue weighted by molar-refractivity contribution is -0.00469. The summed E-state index contributed by atoms with van der Waals surface area (Å²) in [6.45, 7) is 2.35. The quantitative estimate of drug-likeness (QED) is 0.938. The molecule has 0 aliphatic heterocycles. The lowest BCUT2D eigenvalue weighted by Crippen LogP contribution is -2.20. The van der Waals surface area contributed by atoms with Crippen molar-refractivity contribution in [2.45, 2.75) is 26.0 Å². The van der Waals surface area contributed by atoms with Crippen molar-refractivity contribution in [1.82, 2.24) is 9.55 Å².